The quantitative estimate of drug-likeness (QED) is 0.0324. The minimum absolute atomic E-state index is 0.0326. The molecule has 6 heteroatoms. The second-order valence-electron chi connectivity index (χ2n) is 16.1. The summed E-state index contributed by atoms with van der Waals surface area (Å²) < 4.78 is 5.88. The third-order valence-corrected chi connectivity index (χ3v) is 10.5. The monoisotopic (exact) mass is 810 g/mol. The fourth-order valence-electron chi connectivity index (χ4n) is 6.85. The van der Waals surface area contributed by atoms with E-state index in [1.807, 2.05) is 0 Å². The summed E-state index contributed by atoms with van der Waals surface area (Å²) >= 11 is 0. The topological polar surface area (TPSA) is 95.9 Å². The number of ether oxygens (including phenoxy) is 1. The summed E-state index contributed by atoms with van der Waals surface area (Å²) in [5, 5.41) is 23.7. The molecular weight excluding hydrogens is 719 g/mol. The van der Waals surface area contributed by atoms with E-state index in [4.69, 9.17) is 4.74 Å². The van der Waals surface area contributed by atoms with E-state index in [0.717, 1.165) is 89.9 Å². The van der Waals surface area contributed by atoms with Crippen LogP contribution in [0.5, 0.6) is 0 Å². The Morgan fingerprint density at radius 3 is 1.52 bits per heavy atom. The Balaban J connectivity index is 4.73. The number of carbonyl (C=O) groups is 2. The van der Waals surface area contributed by atoms with Crippen LogP contribution in [0.2, 0.25) is 0 Å². The molecule has 0 aromatic carbocycles. The van der Waals surface area contributed by atoms with Crippen LogP contribution in [-0.2, 0) is 14.3 Å². The summed E-state index contributed by atoms with van der Waals surface area (Å²) in [6, 6.07) is -0.722. The normalized spacial score (nSPS) is 13.9. The van der Waals surface area contributed by atoms with Gasteiger partial charge in [0.15, 0.2) is 0 Å². The first-order chi connectivity index (χ1) is 28.5. The third-order valence-electron chi connectivity index (χ3n) is 10.5. The molecule has 58 heavy (non-hydrogen) atoms. The zero-order valence-electron chi connectivity index (χ0n) is 37.9. The van der Waals surface area contributed by atoms with Gasteiger partial charge in [-0.2, -0.15) is 0 Å². The second-order valence-corrected chi connectivity index (χ2v) is 16.1. The number of hydrogen-bond acceptors (Lipinski definition) is 5. The molecule has 0 saturated carbocycles. The Labute approximate surface area is 358 Å². The van der Waals surface area contributed by atoms with Gasteiger partial charge in [-0.1, -0.05) is 196 Å². The molecule has 6 nitrogen and oxygen atoms in total. The van der Waals surface area contributed by atoms with Crippen molar-refractivity contribution in [2.45, 2.75) is 238 Å². The van der Waals surface area contributed by atoms with E-state index < -0.39 is 18.2 Å². The number of carbonyl (C=O) groups excluding carboxylic acids is 2. The molecule has 0 aliphatic rings. The van der Waals surface area contributed by atoms with Crippen molar-refractivity contribution in [2.75, 3.05) is 6.61 Å². The highest BCUT2D eigenvalue weighted by atomic mass is 16.5. The van der Waals surface area contributed by atoms with Crippen LogP contribution in [0, 0.1) is 0 Å². The summed E-state index contributed by atoms with van der Waals surface area (Å²) in [6.45, 7) is 6.29. The van der Waals surface area contributed by atoms with Crippen LogP contribution in [-0.4, -0.2) is 46.9 Å². The van der Waals surface area contributed by atoms with E-state index in [2.05, 4.69) is 99.0 Å². The average Bonchev–Trinajstić information content (AvgIpc) is 3.22. The molecule has 3 unspecified atom stereocenters. The van der Waals surface area contributed by atoms with Crippen molar-refractivity contribution < 1.29 is 24.5 Å². The highest BCUT2D eigenvalue weighted by Crippen LogP contribution is 2.16. The van der Waals surface area contributed by atoms with E-state index in [-0.39, 0.29) is 24.9 Å². The van der Waals surface area contributed by atoms with Crippen molar-refractivity contribution in [3.63, 3.8) is 0 Å². The van der Waals surface area contributed by atoms with Gasteiger partial charge in [-0.25, -0.2) is 0 Å². The van der Waals surface area contributed by atoms with Gasteiger partial charge in [-0.05, 0) is 83.5 Å². The lowest BCUT2D eigenvalue weighted by atomic mass is 10.0. The maximum absolute atomic E-state index is 13.1. The van der Waals surface area contributed by atoms with Crippen molar-refractivity contribution in [3.05, 3.63) is 72.9 Å². The number of esters is 1. The average molecular weight is 810 g/mol. The SMILES string of the molecule is CC/C=C\C/C=C\C/C=C\C/C=C\C/C=C\CCCC(CC(=O)NC(CO)C(O)CCCCCCCCCCCCC)OC(=O)CCCCCCC/C=C\CCCC. The van der Waals surface area contributed by atoms with Gasteiger partial charge in [-0.15, -0.1) is 0 Å². The number of nitrogens with one attached hydrogen (secondary N) is 1. The molecule has 334 valence electrons. The lowest BCUT2D eigenvalue weighted by molar-refractivity contribution is -0.151. The molecule has 0 saturated heterocycles. The van der Waals surface area contributed by atoms with Crippen molar-refractivity contribution in [2.24, 2.45) is 0 Å². The molecule has 0 aromatic rings. The standard InChI is InChI=1S/C52H91NO5/c1-4-7-10-13-16-19-22-23-24-25-26-27-30-31-34-37-40-43-48(58-52(57)45-42-39-36-33-29-21-18-15-12-9-6-3)46-51(56)53-49(47-54)50(55)44-41-38-35-32-28-20-17-14-11-8-5-2/h7,10,15-16,18-19,23-24,26-27,31,34,48-50,54-55H,4-6,8-9,11-14,17,20-22,25,28-30,32-33,35-47H2,1-3H3,(H,53,56)/b10-7-,18-15-,19-16-,24-23-,27-26-,34-31-. The minimum Gasteiger partial charge on any atom is -0.462 e. The van der Waals surface area contributed by atoms with Crippen molar-refractivity contribution in [1.29, 1.82) is 0 Å². The van der Waals surface area contributed by atoms with Crippen molar-refractivity contribution in [3.8, 4) is 0 Å². The van der Waals surface area contributed by atoms with Crippen LogP contribution in [0.15, 0.2) is 72.9 Å². The smallest absolute Gasteiger partial charge is 0.306 e. The Hall–Kier alpha value is -2.70. The zero-order chi connectivity index (χ0) is 42.4. The maximum Gasteiger partial charge on any atom is 0.306 e. The molecule has 3 N–H and O–H groups in total. The maximum atomic E-state index is 13.1. The van der Waals surface area contributed by atoms with Crippen LogP contribution < -0.4 is 5.32 Å². The molecule has 0 rings (SSSR count). The Bertz CT molecular complexity index is 1090. The number of allylic oxidation sites excluding steroid dienone is 12. The first kappa shape index (κ1) is 55.3. The van der Waals surface area contributed by atoms with Crippen LogP contribution in [0.25, 0.3) is 0 Å². The number of amides is 1. The highest BCUT2D eigenvalue weighted by Gasteiger charge is 2.24. The minimum atomic E-state index is -0.805. The van der Waals surface area contributed by atoms with Gasteiger partial charge in [-0.3, -0.25) is 9.59 Å². The number of hydrogen-bond donors (Lipinski definition) is 3. The third kappa shape index (κ3) is 40.1. The first-order valence-corrected chi connectivity index (χ1v) is 24.2. The van der Waals surface area contributed by atoms with Gasteiger partial charge in [0, 0.05) is 6.42 Å². The fraction of sp³-hybridized carbons (Fsp3) is 0.731. The van der Waals surface area contributed by atoms with Gasteiger partial charge in [0.1, 0.15) is 6.10 Å². The fourth-order valence-corrected chi connectivity index (χ4v) is 6.85. The second kappa shape index (κ2) is 45.4. The number of rotatable bonds is 42. The Morgan fingerprint density at radius 1 is 0.517 bits per heavy atom. The molecule has 0 aromatic heterocycles. The molecule has 0 bridgehead atoms. The number of aliphatic hydroxyl groups is 2. The molecule has 0 radical (unpaired) electrons. The van der Waals surface area contributed by atoms with Gasteiger partial charge in [0.05, 0.1) is 25.2 Å². The molecular formula is C52H91NO5. The highest BCUT2D eigenvalue weighted by molar-refractivity contribution is 5.77. The lowest BCUT2D eigenvalue weighted by Crippen LogP contribution is -2.46. The Morgan fingerprint density at radius 2 is 0.966 bits per heavy atom. The summed E-state index contributed by atoms with van der Waals surface area (Å²) in [6.07, 6.45) is 56.8. The van der Waals surface area contributed by atoms with Gasteiger partial charge in [0.25, 0.3) is 0 Å². The van der Waals surface area contributed by atoms with Crippen LogP contribution >= 0.6 is 0 Å². The molecule has 0 heterocycles. The molecule has 0 aliphatic carbocycles. The molecule has 0 aliphatic heterocycles. The molecule has 0 spiro atoms. The van der Waals surface area contributed by atoms with E-state index in [9.17, 15) is 19.8 Å². The van der Waals surface area contributed by atoms with Gasteiger partial charge >= 0.3 is 5.97 Å². The zero-order valence-corrected chi connectivity index (χ0v) is 37.9. The Kier molecular flexibility index (Phi) is 43.3. The van der Waals surface area contributed by atoms with Gasteiger partial charge in [0.2, 0.25) is 5.91 Å². The van der Waals surface area contributed by atoms with Crippen LogP contribution in [0.4, 0.5) is 0 Å². The number of unbranched alkanes of at least 4 members (excludes halogenated alkanes) is 18. The summed E-state index contributed by atoms with van der Waals surface area (Å²) in [4.78, 5) is 26.0. The van der Waals surface area contributed by atoms with E-state index in [0.29, 0.717) is 19.3 Å². The summed E-state index contributed by atoms with van der Waals surface area (Å²) in [5.74, 6) is -0.546. The van der Waals surface area contributed by atoms with Crippen LogP contribution in [0.1, 0.15) is 220 Å². The van der Waals surface area contributed by atoms with E-state index in [1.54, 1.807) is 0 Å². The predicted octanol–water partition coefficient (Wildman–Crippen LogP) is 14.2. The van der Waals surface area contributed by atoms with Crippen molar-refractivity contribution in [1.82, 2.24) is 5.32 Å². The molecule has 3 atom stereocenters. The summed E-state index contributed by atoms with van der Waals surface area (Å²) in [7, 11) is 0. The van der Waals surface area contributed by atoms with E-state index >= 15 is 0 Å². The lowest BCUT2D eigenvalue weighted by Gasteiger charge is -2.24. The van der Waals surface area contributed by atoms with Crippen molar-refractivity contribution >= 4 is 11.9 Å². The summed E-state index contributed by atoms with van der Waals surface area (Å²) in [5.41, 5.74) is 0. The van der Waals surface area contributed by atoms with Gasteiger partial charge < -0.3 is 20.3 Å². The molecule has 0 fully saturated rings. The largest absolute Gasteiger partial charge is 0.462 e. The first-order valence-electron chi connectivity index (χ1n) is 24.2. The molecule has 1 amide bonds. The number of aliphatic hydroxyl groups excluding tert-OH is 2. The van der Waals surface area contributed by atoms with Crippen LogP contribution in [0.3, 0.4) is 0 Å². The van der Waals surface area contributed by atoms with E-state index in [1.165, 1.54) is 83.5 Å². The predicted molar refractivity (Wildman–Crippen MR) is 250 cm³/mol.